The molecular weight excluding hydrogens is 857 g/mol. The number of nitrogens with zero attached hydrogens (tertiary/aromatic N) is 4. The summed E-state index contributed by atoms with van der Waals surface area (Å²) in [6, 6.07) is 3.86. The van der Waals surface area contributed by atoms with Crippen molar-refractivity contribution in [3.05, 3.63) is 55.2 Å². The number of amides is 3. The first-order valence-corrected chi connectivity index (χ1v) is 23.2. The number of thiazole rings is 1. The van der Waals surface area contributed by atoms with E-state index in [0.29, 0.717) is 43.1 Å². The maximum absolute atomic E-state index is 14.3. The van der Waals surface area contributed by atoms with E-state index >= 15 is 0 Å². The minimum absolute atomic E-state index is 0.0313. The molecule has 0 aliphatic carbocycles. The average molecular weight is 915 g/mol. The van der Waals surface area contributed by atoms with Crippen molar-refractivity contribution in [2.75, 3.05) is 31.7 Å². The van der Waals surface area contributed by atoms with Gasteiger partial charge < -0.3 is 10.2 Å². The SMILES string of the molecule is CCn1c(C(/C=C2/C[I-]2)=C(/N)[C@H](C)OC)c2c3cc(ccc31)-c1csc(n1)C[C@H](NC(=O)[C@H](C(C)C)N(C)C(C)=O)C(=O)N1CCC[C@H](N1)C(=O)OCC(C)(C)C2. The van der Waals surface area contributed by atoms with Gasteiger partial charge in [-0.2, -0.15) is 0 Å². The molecule has 3 aromatic rings. The molecule has 2 fully saturated rings. The van der Waals surface area contributed by atoms with Crippen LogP contribution < -0.4 is 37.7 Å². The van der Waals surface area contributed by atoms with Gasteiger partial charge in [0, 0.05) is 20.5 Å². The summed E-state index contributed by atoms with van der Waals surface area (Å²) in [6.45, 7) is 14.7. The van der Waals surface area contributed by atoms with E-state index in [2.05, 4.69) is 60.4 Å². The first-order valence-electron chi connectivity index (χ1n) is 19.7. The maximum atomic E-state index is 14.3. The van der Waals surface area contributed by atoms with Crippen LogP contribution in [0.5, 0.6) is 0 Å². The molecule has 0 radical (unpaired) electrons. The van der Waals surface area contributed by atoms with Gasteiger partial charge in [0.25, 0.3) is 5.91 Å². The molecular formula is C42H57IN7O6S-. The Balaban J connectivity index is 1.49. The van der Waals surface area contributed by atoms with Crippen molar-refractivity contribution in [1.29, 1.82) is 0 Å². The van der Waals surface area contributed by atoms with Gasteiger partial charge in [-0.1, -0.05) is 13.8 Å². The predicted molar refractivity (Wildman–Crippen MR) is 218 cm³/mol. The van der Waals surface area contributed by atoms with Crippen molar-refractivity contribution < 1.29 is 49.9 Å². The van der Waals surface area contributed by atoms with Crippen LogP contribution in [-0.4, -0.2) is 99.1 Å². The third-order valence-corrected chi connectivity index (χ3v) is 13.9. The number of halogens is 1. The fourth-order valence-corrected chi connectivity index (χ4v) is 9.62. The van der Waals surface area contributed by atoms with Crippen LogP contribution in [0.3, 0.4) is 0 Å². The second-order valence-corrected chi connectivity index (χ2v) is 20.2. The number of benzene rings is 1. The number of allylic oxidation sites excluding steroid dienone is 3. The van der Waals surface area contributed by atoms with E-state index in [1.54, 1.807) is 14.2 Å². The molecule has 57 heavy (non-hydrogen) atoms. The fraction of sp³-hybridized carbons (Fsp3) is 0.548. The zero-order chi connectivity index (χ0) is 41.3. The Labute approximate surface area is 350 Å². The fourth-order valence-electron chi connectivity index (χ4n) is 7.80. The predicted octanol–water partition coefficient (Wildman–Crippen LogP) is 1.63. The van der Waals surface area contributed by atoms with Crippen molar-refractivity contribution in [3.63, 3.8) is 0 Å². The number of nitrogens with two attached hydrogens (primary N) is 1. The Morgan fingerprint density at radius 2 is 2.00 bits per heavy atom. The van der Waals surface area contributed by atoms with Gasteiger partial charge in [0.15, 0.2) is 0 Å². The third kappa shape index (κ3) is 9.42. The van der Waals surface area contributed by atoms with Crippen molar-refractivity contribution in [2.45, 2.75) is 105 Å². The van der Waals surface area contributed by atoms with Crippen LogP contribution in [0.1, 0.15) is 77.6 Å². The summed E-state index contributed by atoms with van der Waals surface area (Å²) in [4.78, 5) is 60.8. The Morgan fingerprint density at radius 3 is 2.65 bits per heavy atom. The van der Waals surface area contributed by atoms with E-state index in [9.17, 15) is 19.2 Å². The number of methoxy groups -OCH3 is 1. The third-order valence-electron chi connectivity index (χ3n) is 11.1. The molecule has 2 aromatic heterocycles. The molecule has 6 bridgehead atoms. The molecule has 3 amide bonds. The number of ether oxygens (including phenoxy) is 2. The summed E-state index contributed by atoms with van der Waals surface area (Å²) in [5.41, 5.74) is 16.2. The van der Waals surface area contributed by atoms with Crippen LogP contribution in [0.15, 0.2) is 38.9 Å². The van der Waals surface area contributed by atoms with Crippen molar-refractivity contribution in [2.24, 2.45) is 17.1 Å². The summed E-state index contributed by atoms with van der Waals surface area (Å²) in [5.74, 6) is -1.72. The number of aromatic nitrogens is 2. The summed E-state index contributed by atoms with van der Waals surface area (Å²) < 4.78 is 16.8. The molecule has 0 saturated carbocycles. The Morgan fingerprint density at radius 1 is 1.26 bits per heavy atom. The molecule has 15 heteroatoms. The second-order valence-electron chi connectivity index (χ2n) is 16.4. The van der Waals surface area contributed by atoms with E-state index in [-0.39, 0.29) is 58.1 Å². The molecule has 3 aliphatic rings. The molecule has 3 aliphatic heterocycles. The summed E-state index contributed by atoms with van der Waals surface area (Å²) in [6.07, 6.45) is 3.77. The second kappa shape index (κ2) is 17.6. The molecule has 0 spiro atoms. The van der Waals surface area contributed by atoms with E-state index in [1.807, 2.05) is 26.2 Å². The van der Waals surface area contributed by atoms with Gasteiger partial charge in [0.1, 0.15) is 12.1 Å². The summed E-state index contributed by atoms with van der Waals surface area (Å²) in [7, 11) is 3.27. The normalized spacial score (nSPS) is 22.3. The first kappa shape index (κ1) is 42.8. The van der Waals surface area contributed by atoms with E-state index < -0.39 is 35.4 Å². The van der Waals surface area contributed by atoms with Gasteiger partial charge in [-0.25, -0.2) is 0 Å². The number of hydrogen-bond acceptors (Lipinski definition) is 10. The number of likely N-dealkylation sites (N-methyl/N-ethyl adjacent to an activating group) is 1. The van der Waals surface area contributed by atoms with E-state index in [0.717, 1.165) is 43.4 Å². The van der Waals surface area contributed by atoms with Crippen LogP contribution >= 0.6 is 11.3 Å². The van der Waals surface area contributed by atoms with Crippen molar-refractivity contribution >= 4 is 51.5 Å². The van der Waals surface area contributed by atoms with Crippen LogP contribution in [0.25, 0.3) is 27.7 Å². The number of carbonyl (C=O) groups is 4. The zero-order valence-corrected chi connectivity index (χ0v) is 37.5. The first-order chi connectivity index (χ1) is 27.0. The van der Waals surface area contributed by atoms with Crippen LogP contribution in [0.4, 0.5) is 0 Å². The topological polar surface area (TPSA) is 161 Å². The minimum atomic E-state index is -1.01. The Hall–Kier alpha value is -3.80. The Kier molecular flexibility index (Phi) is 13.2. The number of carbonyl (C=O) groups excluding carboxylic acids is 4. The molecule has 2 saturated heterocycles. The number of rotatable bonds is 9. The number of esters is 1. The van der Waals surface area contributed by atoms with Gasteiger partial charge in [0.05, 0.1) is 0 Å². The zero-order valence-electron chi connectivity index (χ0n) is 34.5. The van der Waals surface area contributed by atoms with Gasteiger partial charge in [-0.3, -0.25) is 19.4 Å². The van der Waals surface area contributed by atoms with E-state index in [1.165, 1.54) is 31.7 Å². The van der Waals surface area contributed by atoms with Gasteiger partial charge in [0.2, 0.25) is 11.8 Å². The standard InChI is InChI=1S/C42H57IN7O6S/c1-10-49-34-14-13-26-16-28(34)30(38(49)29(17-27-20-43-27)36(44)24(4)55-9)19-42(6,7)22-56-41(54)31-12-11-15-50(47-31)40(53)32(18-35-45-33(26)21-57-35)46-39(52)37(23(2)3)48(8)25(5)51/h13-14,16-17,21,23-24,31-32,37,47H,10-12,15,18-20,22,44H2,1-9H3,(H,46,52)/q-1/b27-17-,36-29+/t24-,31-,32-,37-/m0/s1. The number of hydrogen-bond donors (Lipinski definition) is 3. The number of fused-ring (bicyclic) bond motifs is 6. The summed E-state index contributed by atoms with van der Waals surface area (Å²) in [5, 5.41) is 8.12. The summed E-state index contributed by atoms with van der Waals surface area (Å²) >= 11 is 1.46. The van der Waals surface area contributed by atoms with Gasteiger partial charge >= 0.3 is 246 Å². The number of alkyl halides is 1. The number of hydrazine groups is 1. The molecule has 310 valence electrons. The number of cyclic esters (lactones) is 1. The van der Waals surface area contributed by atoms with Crippen LogP contribution in [0, 0.1) is 11.3 Å². The van der Waals surface area contributed by atoms with E-state index in [4.69, 9.17) is 20.2 Å². The molecule has 4 atom stereocenters. The van der Waals surface area contributed by atoms with Crippen LogP contribution in [0.2, 0.25) is 0 Å². The molecule has 1 aromatic carbocycles. The average Bonchev–Trinajstić information content (AvgIpc) is 3.80. The Bertz CT molecular complexity index is 2100. The van der Waals surface area contributed by atoms with Crippen molar-refractivity contribution in [3.8, 4) is 11.3 Å². The van der Waals surface area contributed by atoms with Crippen LogP contribution in [-0.2, 0) is 48.0 Å². The molecule has 13 nitrogen and oxygen atoms in total. The van der Waals surface area contributed by atoms with Gasteiger partial charge in [-0.05, 0) is 12.3 Å². The number of aryl methyl sites for hydroxylation is 1. The monoisotopic (exact) mass is 914 g/mol. The molecule has 0 unspecified atom stereocenters. The molecule has 4 N–H and O–H groups in total. The van der Waals surface area contributed by atoms with Gasteiger partial charge in [-0.15, -0.1) is 0 Å². The van der Waals surface area contributed by atoms with Crippen molar-refractivity contribution in [1.82, 2.24) is 30.2 Å². The quantitative estimate of drug-likeness (QED) is 0.165. The molecule has 6 rings (SSSR count). The number of nitrogens with one attached hydrogen (secondary N) is 2. The molecule has 5 heterocycles.